The Labute approximate surface area is 137 Å². The Morgan fingerprint density at radius 1 is 1.14 bits per heavy atom. The molecule has 3 nitrogen and oxygen atoms in total. The largest absolute Gasteiger partial charge is 0.392 e. The molecule has 2 aromatic carbocycles. The first-order valence-corrected chi connectivity index (χ1v) is 7.41. The molecule has 0 atom stereocenters. The topological polar surface area (TPSA) is 43.8 Å². The molecule has 0 saturated carbocycles. The lowest BCUT2D eigenvalue weighted by Crippen LogP contribution is -2.17. The molecule has 0 aliphatic heterocycles. The van der Waals surface area contributed by atoms with Gasteiger partial charge in [0, 0.05) is 5.56 Å². The number of hydrogen-bond donors (Lipinski definition) is 1. The second kappa shape index (κ2) is 5.64. The normalized spacial score (nSPS) is 11.0. The van der Waals surface area contributed by atoms with Crippen molar-refractivity contribution < 1.29 is 0 Å². The van der Waals surface area contributed by atoms with Gasteiger partial charge in [-0.05, 0) is 12.1 Å². The first-order valence-electron chi connectivity index (χ1n) is 6.25. The predicted octanol–water partition coefficient (Wildman–Crippen LogP) is 4.30. The molecule has 0 amide bonds. The zero-order valence-corrected chi connectivity index (χ0v) is 13.2. The van der Waals surface area contributed by atoms with Gasteiger partial charge in [-0.1, -0.05) is 65.8 Å². The van der Waals surface area contributed by atoms with Crippen LogP contribution in [0.3, 0.4) is 0 Å². The number of halogens is 2. The summed E-state index contributed by atoms with van der Waals surface area (Å²) < 4.78 is 1.95. The Kier molecular flexibility index (Phi) is 3.85. The molecular weight excluding hydrogens is 325 g/mol. The minimum absolute atomic E-state index is 0.387. The maximum atomic E-state index is 6.11. The van der Waals surface area contributed by atoms with Crippen LogP contribution in [0.1, 0.15) is 0 Å². The molecule has 0 aliphatic rings. The molecule has 6 heteroatoms. The monoisotopic (exact) mass is 335 g/mol. The van der Waals surface area contributed by atoms with E-state index < -0.39 is 0 Å². The van der Waals surface area contributed by atoms with E-state index >= 15 is 0 Å². The third kappa shape index (κ3) is 2.75. The van der Waals surface area contributed by atoms with Gasteiger partial charge < -0.3 is 10.3 Å². The Morgan fingerprint density at radius 2 is 1.81 bits per heavy atom. The van der Waals surface area contributed by atoms with Gasteiger partial charge in [-0.3, -0.25) is 0 Å². The number of hydrogen-bond acceptors (Lipinski definition) is 2. The van der Waals surface area contributed by atoms with Crippen LogP contribution in [0.5, 0.6) is 0 Å². The van der Waals surface area contributed by atoms with E-state index in [1.165, 1.54) is 0 Å². The van der Waals surface area contributed by atoms with Crippen LogP contribution in [0.25, 0.3) is 22.4 Å². The molecule has 21 heavy (non-hydrogen) atoms. The minimum Gasteiger partial charge on any atom is -0.392 e. The molecule has 1 heterocycles. The Morgan fingerprint density at radius 3 is 2.48 bits per heavy atom. The van der Waals surface area contributed by atoms with Gasteiger partial charge in [0.05, 0.1) is 32.6 Å². The highest BCUT2D eigenvalue weighted by molar-refractivity contribution is 7.80. The zero-order chi connectivity index (χ0) is 15.0. The van der Waals surface area contributed by atoms with Crippen molar-refractivity contribution in [2.24, 2.45) is 5.73 Å². The van der Waals surface area contributed by atoms with Gasteiger partial charge >= 0.3 is 0 Å². The highest BCUT2D eigenvalue weighted by Gasteiger charge is 2.15. The van der Waals surface area contributed by atoms with Crippen LogP contribution < -0.4 is 5.73 Å². The van der Waals surface area contributed by atoms with Crippen LogP contribution in [0.15, 0.2) is 42.5 Å². The Hall–Kier alpha value is -1.62. The highest BCUT2D eigenvalue weighted by Crippen LogP contribution is 2.31. The molecule has 0 spiro atoms. The third-order valence-corrected chi connectivity index (χ3v) is 3.99. The van der Waals surface area contributed by atoms with E-state index in [1.54, 1.807) is 12.1 Å². The lowest BCUT2D eigenvalue weighted by atomic mass is 10.2. The van der Waals surface area contributed by atoms with Gasteiger partial charge in [-0.15, -0.1) is 0 Å². The lowest BCUT2D eigenvalue weighted by Gasteiger charge is -2.08. The van der Waals surface area contributed by atoms with E-state index in [2.05, 4.69) is 4.98 Å². The van der Waals surface area contributed by atoms with Crippen molar-refractivity contribution in [1.82, 2.24) is 9.55 Å². The molecule has 0 saturated heterocycles. The van der Waals surface area contributed by atoms with Crippen molar-refractivity contribution in [2.75, 3.05) is 0 Å². The predicted molar refractivity (Wildman–Crippen MR) is 92.0 cm³/mol. The van der Waals surface area contributed by atoms with E-state index in [0.717, 1.165) is 22.4 Å². The molecule has 3 rings (SSSR count). The highest BCUT2D eigenvalue weighted by atomic mass is 35.5. The average molecular weight is 336 g/mol. The fraction of sp³-hybridized carbons (Fsp3) is 0.0667. The van der Waals surface area contributed by atoms with E-state index in [4.69, 9.17) is 41.2 Å². The molecule has 0 unspecified atom stereocenters. The Balaban J connectivity index is 2.30. The van der Waals surface area contributed by atoms with Crippen LogP contribution in [0.4, 0.5) is 0 Å². The number of rotatable bonds is 3. The van der Waals surface area contributed by atoms with Gasteiger partial charge in [-0.2, -0.15) is 0 Å². The van der Waals surface area contributed by atoms with Crippen molar-refractivity contribution in [3.8, 4) is 11.4 Å². The first kappa shape index (κ1) is 14.3. The second-order valence-corrected chi connectivity index (χ2v) is 5.95. The number of aromatic nitrogens is 2. The van der Waals surface area contributed by atoms with Gasteiger partial charge in [0.2, 0.25) is 0 Å². The number of imidazole rings is 1. The standard InChI is InChI=1S/C15H11Cl2N3S/c16-10-6-12-13(7-11(10)17)20(8-14(18)21)15(19-12)9-4-2-1-3-5-9/h1-7H,8H2,(H2,18,21). The summed E-state index contributed by atoms with van der Waals surface area (Å²) in [5.41, 5.74) is 8.32. The smallest absolute Gasteiger partial charge is 0.141 e. The summed E-state index contributed by atoms with van der Waals surface area (Å²) in [4.78, 5) is 5.03. The maximum absolute atomic E-state index is 6.11. The molecule has 0 bridgehead atoms. The van der Waals surface area contributed by atoms with Crippen LogP contribution in [-0.4, -0.2) is 14.5 Å². The molecule has 2 N–H and O–H groups in total. The summed E-state index contributed by atoms with van der Waals surface area (Å²) in [5.74, 6) is 0.789. The van der Waals surface area contributed by atoms with Crippen LogP contribution in [0.2, 0.25) is 10.0 Å². The van der Waals surface area contributed by atoms with E-state index in [-0.39, 0.29) is 0 Å². The van der Waals surface area contributed by atoms with Crippen LogP contribution in [0, 0.1) is 0 Å². The van der Waals surface area contributed by atoms with Gasteiger partial charge in [-0.25, -0.2) is 4.98 Å². The lowest BCUT2D eigenvalue weighted by molar-refractivity contribution is 0.895. The SMILES string of the molecule is NC(=S)Cn1c(-c2ccccc2)nc2cc(Cl)c(Cl)cc21. The fourth-order valence-electron chi connectivity index (χ4n) is 2.24. The van der Waals surface area contributed by atoms with E-state index in [9.17, 15) is 0 Å². The van der Waals surface area contributed by atoms with Gasteiger partial charge in [0.15, 0.2) is 0 Å². The summed E-state index contributed by atoms with van der Waals surface area (Å²) in [6.45, 7) is 0.397. The molecule has 0 aliphatic carbocycles. The zero-order valence-electron chi connectivity index (χ0n) is 10.9. The van der Waals surface area contributed by atoms with Gasteiger partial charge in [0.1, 0.15) is 5.82 Å². The fourth-order valence-corrected chi connectivity index (χ4v) is 2.69. The number of nitrogens with two attached hydrogens (primary N) is 1. The summed E-state index contributed by atoms with van der Waals surface area (Å²) in [6, 6.07) is 13.4. The second-order valence-electron chi connectivity index (χ2n) is 4.61. The summed E-state index contributed by atoms with van der Waals surface area (Å²) in [7, 11) is 0. The van der Waals surface area contributed by atoms with E-state index in [1.807, 2.05) is 34.9 Å². The third-order valence-electron chi connectivity index (χ3n) is 3.14. The molecule has 0 radical (unpaired) electrons. The molecule has 106 valence electrons. The van der Waals surface area contributed by atoms with Crippen molar-refractivity contribution in [1.29, 1.82) is 0 Å². The van der Waals surface area contributed by atoms with Crippen molar-refractivity contribution >= 4 is 51.4 Å². The van der Waals surface area contributed by atoms with Crippen LogP contribution in [-0.2, 0) is 6.54 Å². The van der Waals surface area contributed by atoms with Crippen LogP contribution >= 0.6 is 35.4 Å². The van der Waals surface area contributed by atoms with Crippen molar-refractivity contribution in [3.05, 3.63) is 52.5 Å². The van der Waals surface area contributed by atoms with Gasteiger partial charge in [0.25, 0.3) is 0 Å². The molecule has 0 fully saturated rings. The number of thiocarbonyl (C=S) groups is 1. The molecule has 1 aromatic heterocycles. The number of benzene rings is 2. The summed E-state index contributed by atoms with van der Waals surface area (Å²) >= 11 is 17.2. The Bertz CT molecular complexity index is 828. The first-order chi connectivity index (χ1) is 10.1. The van der Waals surface area contributed by atoms with Crippen molar-refractivity contribution in [3.63, 3.8) is 0 Å². The molecule has 3 aromatic rings. The summed E-state index contributed by atoms with van der Waals surface area (Å²) in [5, 5.41) is 0.955. The minimum atomic E-state index is 0.387. The van der Waals surface area contributed by atoms with Crippen molar-refractivity contribution in [2.45, 2.75) is 6.54 Å². The number of nitrogens with zero attached hydrogens (tertiary/aromatic N) is 2. The summed E-state index contributed by atoms with van der Waals surface area (Å²) in [6.07, 6.45) is 0. The molecular formula is C15H11Cl2N3S. The number of fused-ring (bicyclic) bond motifs is 1. The maximum Gasteiger partial charge on any atom is 0.141 e. The van der Waals surface area contributed by atoms with E-state index in [0.29, 0.717) is 21.6 Å². The average Bonchev–Trinajstić information content (AvgIpc) is 2.78. The quantitative estimate of drug-likeness (QED) is 0.726.